The molecule has 1 unspecified atom stereocenters. The molecule has 0 saturated heterocycles. The van der Waals surface area contributed by atoms with Crippen LogP contribution in [0.4, 0.5) is 11.4 Å². The Bertz CT molecular complexity index is 437. The van der Waals surface area contributed by atoms with Crippen LogP contribution in [0.15, 0.2) is 18.2 Å². The molecule has 0 heterocycles. The Kier molecular flexibility index (Phi) is 5.72. The van der Waals surface area contributed by atoms with Crippen molar-refractivity contribution in [2.24, 2.45) is 0 Å². The van der Waals surface area contributed by atoms with Crippen LogP contribution in [0.3, 0.4) is 0 Å². The van der Waals surface area contributed by atoms with E-state index in [0.29, 0.717) is 24.4 Å². The van der Waals surface area contributed by atoms with Crippen molar-refractivity contribution in [1.82, 2.24) is 0 Å². The van der Waals surface area contributed by atoms with Crippen molar-refractivity contribution in [3.05, 3.63) is 33.9 Å². The molecule has 1 aromatic carbocycles. The zero-order valence-electron chi connectivity index (χ0n) is 11.5. The molecular formula is C13H20N2O4. The number of aliphatic hydroxyl groups excluding tert-OH is 1. The van der Waals surface area contributed by atoms with Crippen LogP contribution in [0.2, 0.25) is 0 Å². The van der Waals surface area contributed by atoms with Gasteiger partial charge < -0.3 is 14.7 Å². The molecule has 19 heavy (non-hydrogen) atoms. The number of likely N-dealkylation sites (N-methyl/N-ethyl adjacent to an activating group) is 1. The zero-order valence-corrected chi connectivity index (χ0v) is 11.5. The van der Waals surface area contributed by atoms with Crippen LogP contribution in [0.25, 0.3) is 0 Å². The molecule has 0 aliphatic carbocycles. The molecule has 0 bridgehead atoms. The summed E-state index contributed by atoms with van der Waals surface area (Å²) in [6, 6.07) is 4.83. The normalized spacial score (nSPS) is 12.2. The predicted octanol–water partition coefficient (Wildman–Crippen LogP) is 1.95. The molecule has 0 saturated carbocycles. The Balaban J connectivity index is 3.19. The summed E-state index contributed by atoms with van der Waals surface area (Å²) in [6.45, 7) is 4.82. The molecule has 0 aromatic heterocycles. The monoisotopic (exact) mass is 268 g/mol. The van der Waals surface area contributed by atoms with Crippen LogP contribution in [0, 0.1) is 10.1 Å². The number of nitrogens with zero attached hydrogens (tertiary/aromatic N) is 2. The lowest BCUT2D eigenvalue weighted by Crippen LogP contribution is -2.36. The minimum atomic E-state index is -0.420. The smallest absolute Gasteiger partial charge is 0.292 e. The number of nitro groups is 1. The molecule has 0 aliphatic rings. The first-order valence-electron chi connectivity index (χ1n) is 6.18. The highest BCUT2D eigenvalue weighted by Gasteiger charge is 2.22. The van der Waals surface area contributed by atoms with E-state index in [-0.39, 0.29) is 18.3 Å². The van der Waals surface area contributed by atoms with E-state index in [9.17, 15) is 10.1 Å². The molecule has 6 heteroatoms. The molecule has 1 N–H and O–H groups in total. The lowest BCUT2D eigenvalue weighted by Gasteiger charge is -2.29. The molecule has 0 spiro atoms. The Morgan fingerprint density at radius 2 is 2.21 bits per heavy atom. The van der Waals surface area contributed by atoms with Crippen LogP contribution >= 0.6 is 0 Å². The number of methoxy groups -OCH3 is 1. The molecule has 0 fully saturated rings. The number of benzene rings is 1. The van der Waals surface area contributed by atoms with Crippen molar-refractivity contribution in [3.8, 4) is 0 Å². The zero-order chi connectivity index (χ0) is 14.4. The van der Waals surface area contributed by atoms with Gasteiger partial charge in [-0.2, -0.15) is 0 Å². The van der Waals surface area contributed by atoms with Crippen LogP contribution in [0.5, 0.6) is 0 Å². The van der Waals surface area contributed by atoms with E-state index >= 15 is 0 Å². The van der Waals surface area contributed by atoms with Crippen LogP contribution < -0.4 is 4.90 Å². The summed E-state index contributed by atoms with van der Waals surface area (Å²) in [7, 11) is 1.60. The maximum absolute atomic E-state index is 11.2. The minimum absolute atomic E-state index is 0.0105. The maximum Gasteiger partial charge on any atom is 0.292 e. The fourth-order valence-corrected chi connectivity index (χ4v) is 2.11. The molecule has 0 aliphatic heterocycles. The second kappa shape index (κ2) is 7.06. The van der Waals surface area contributed by atoms with Crippen LogP contribution in [-0.2, 0) is 11.3 Å². The number of hydrogen-bond donors (Lipinski definition) is 1. The topological polar surface area (TPSA) is 75.8 Å². The van der Waals surface area contributed by atoms with Gasteiger partial charge in [0.25, 0.3) is 5.69 Å². The number of aliphatic hydroxyl groups is 1. The third kappa shape index (κ3) is 3.65. The number of nitro benzene ring substituents is 1. The Morgan fingerprint density at radius 3 is 2.68 bits per heavy atom. The van der Waals surface area contributed by atoms with Crippen molar-refractivity contribution in [2.45, 2.75) is 26.5 Å². The fourth-order valence-electron chi connectivity index (χ4n) is 2.11. The van der Waals surface area contributed by atoms with Gasteiger partial charge in [-0.1, -0.05) is 6.07 Å². The fraction of sp³-hybridized carbons (Fsp3) is 0.538. The Labute approximate surface area is 112 Å². The van der Waals surface area contributed by atoms with E-state index in [1.54, 1.807) is 19.2 Å². The van der Waals surface area contributed by atoms with Gasteiger partial charge in [0.2, 0.25) is 0 Å². The number of ether oxygens (including phenoxy) is 1. The standard InChI is InChI=1S/C13H20N2O4/c1-4-14(10(2)9-19-3)12-6-5-11(8-16)7-13(12)15(17)18/h5-7,10,16H,4,8-9H2,1-3H3. The van der Waals surface area contributed by atoms with Gasteiger partial charge in [0.1, 0.15) is 5.69 Å². The SMILES string of the molecule is CCN(c1ccc(CO)cc1[N+](=O)[O-])C(C)COC. The quantitative estimate of drug-likeness (QED) is 0.604. The molecule has 1 aromatic rings. The summed E-state index contributed by atoms with van der Waals surface area (Å²) >= 11 is 0. The van der Waals surface area contributed by atoms with Crippen LogP contribution in [-0.4, -0.2) is 36.3 Å². The second-order valence-electron chi connectivity index (χ2n) is 4.33. The lowest BCUT2D eigenvalue weighted by atomic mass is 10.1. The van der Waals surface area contributed by atoms with Crippen molar-refractivity contribution in [1.29, 1.82) is 0 Å². The van der Waals surface area contributed by atoms with Gasteiger partial charge in [0.15, 0.2) is 0 Å². The molecule has 0 radical (unpaired) electrons. The lowest BCUT2D eigenvalue weighted by molar-refractivity contribution is -0.384. The minimum Gasteiger partial charge on any atom is -0.392 e. The molecular weight excluding hydrogens is 248 g/mol. The van der Waals surface area contributed by atoms with E-state index in [1.165, 1.54) is 6.07 Å². The Morgan fingerprint density at radius 1 is 1.53 bits per heavy atom. The van der Waals surface area contributed by atoms with E-state index in [4.69, 9.17) is 9.84 Å². The van der Waals surface area contributed by atoms with Gasteiger partial charge in [-0.05, 0) is 25.5 Å². The first-order chi connectivity index (χ1) is 9.04. The van der Waals surface area contributed by atoms with Gasteiger partial charge in [0, 0.05) is 25.8 Å². The van der Waals surface area contributed by atoms with Crippen molar-refractivity contribution >= 4 is 11.4 Å². The first kappa shape index (κ1) is 15.4. The average Bonchev–Trinajstić information content (AvgIpc) is 2.40. The maximum atomic E-state index is 11.2. The largest absolute Gasteiger partial charge is 0.392 e. The summed E-state index contributed by atoms with van der Waals surface area (Å²) in [6.07, 6.45) is 0. The number of rotatable bonds is 7. The number of anilines is 1. The van der Waals surface area contributed by atoms with Crippen LogP contribution in [0.1, 0.15) is 19.4 Å². The third-order valence-corrected chi connectivity index (χ3v) is 3.01. The summed E-state index contributed by atoms with van der Waals surface area (Å²) in [5.41, 5.74) is 1.09. The molecule has 1 rings (SSSR count). The summed E-state index contributed by atoms with van der Waals surface area (Å²) in [5, 5.41) is 20.2. The highest BCUT2D eigenvalue weighted by atomic mass is 16.6. The van der Waals surface area contributed by atoms with Gasteiger partial charge in [-0.25, -0.2) is 0 Å². The summed E-state index contributed by atoms with van der Waals surface area (Å²) < 4.78 is 5.10. The average molecular weight is 268 g/mol. The number of hydrogen-bond acceptors (Lipinski definition) is 5. The van der Waals surface area contributed by atoms with Crippen molar-refractivity contribution < 1.29 is 14.8 Å². The summed E-state index contributed by atoms with van der Waals surface area (Å²) in [5.74, 6) is 0. The Hall–Kier alpha value is -1.66. The molecule has 1 atom stereocenters. The molecule has 106 valence electrons. The molecule has 0 amide bonds. The highest BCUT2D eigenvalue weighted by molar-refractivity contribution is 5.64. The van der Waals surface area contributed by atoms with E-state index in [0.717, 1.165) is 0 Å². The van der Waals surface area contributed by atoms with Gasteiger partial charge in [-0.3, -0.25) is 10.1 Å². The van der Waals surface area contributed by atoms with E-state index in [2.05, 4.69) is 0 Å². The third-order valence-electron chi connectivity index (χ3n) is 3.01. The predicted molar refractivity (Wildman–Crippen MR) is 73.4 cm³/mol. The first-order valence-corrected chi connectivity index (χ1v) is 6.18. The summed E-state index contributed by atoms with van der Waals surface area (Å²) in [4.78, 5) is 12.7. The van der Waals surface area contributed by atoms with Gasteiger partial charge >= 0.3 is 0 Å². The van der Waals surface area contributed by atoms with Gasteiger partial charge in [0.05, 0.1) is 18.1 Å². The second-order valence-corrected chi connectivity index (χ2v) is 4.33. The van der Waals surface area contributed by atoms with Crippen molar-refractivity contribution in [3.63, 3.8) is 0 Å². The molecule has 6 nitrogen and oxygen atoms in total. The van der Waals surface area contributed by atoms with Crippen molar-refractivity contribution in [2.75, 3.05) is 25.2 Å². The van der Waals surface area contributed by atoms with E-state index < -0.39 is 4.92 Å². The highest BCUT2D eigenvalue weighted by Crippen LogP contribution is 2.30. The van der Waals surface area contributed by atoms with Gasteiger partial charge in [-0.15, -0.1) is 0 Å². The van der Waals surface area contributed by atoms with E-state index in [1.807, 2.05) is 18.7 Å².